The van der Waals surface area contributed by atoms with E-state index < -0.39 is 28.9 Å². The van der Waals surface area contributed by atoms with Gasteiger partial charge >= 0.3 is 6.18 Å². The van der Waals surface area contributed by atoms with Crippen LogP contribution in [0.2, 0.25) is 0 Å². The van der Waals surface area contributed by atoms with E-state index in [0.29, 0.717) is 6.07 Å². The third kappa shape index (κ3) is 2.15. The van der Waals surface area contributed by atoms with E-state index in [1.807, 2.05) is 0 Å². The summed E-state index contributed by atoms with van der Waals surface area (Å²) >= 11 is 0. The molecule has 1 aromatic carbocycles. The fourth-order valence-corrected chi connectivity index (χ4v) is 1.41. The molecule has 1 aromatic heterocycles. The number of hydrogen-bond acceptors (Lipinski definition) is 1. The molecule has 2 rings (SSSR count). The van der Waals surface area contributed by atoms with Crippen LogP contribution in [0.3, 0.4) is 0 Å². The number of halogens is 5. The van der Waals surface area contributed by atoms with Crippen molar-refractivity contribution in [3.05, 3.63) is 47.7 Å². The Morgan fingerprint density at radius 2 is 1.76 bits per heavy atom. The summed E-state index contributed by atoms with van der Waals surface area (Å²) in [4.78, 5) is 0. The zero-order valence-electron chi connectivity index (χ0n) is 8.18. The fraction of sp³-hybridized carbons (Fsp3) is 0.0909. The van der Waals surface area contributed by atoms with Gasteiger partial charge in [0, 0.05) is 0 Å². The Balaban J connectivity index is 2.66. The summed E-state index contributed by atoms with van der Waals surface area (Å²) in [5.41, 5.74) is -2.20. The molecule has 0 saturated heterocycles. The van der Waals surface area contributed by atoms with E-state index >= 15 is 0 Å². The van der Waals surface area contributed by atoms with E-state index in [4.69, 9.17) is 4.42 Å². The van der Waals surface area contributed by atoms with Gasteiger partial charge in [-0.15, -0.1) is 0 Å². The summed E-state index contributed by atoms with van der Waals surface area (Å²) in [7, 11) is 0. The Morgan fingerprint density at radius 3 is 2.29 bits per heavy atom. The molecule has 0 atom stereocenters. The highest BCUT2D eigenvalue weighted by Crippen LogP contribution is 2.36. The van der Waals surface area contributed by atoms with Crippen LogP contribution in [0.25, 0.3) is 11.3 Å². The Morgan fingerprint density at radius 1 is 1.06 bits per heavy atom. The highest BCUT2D eigenvalue weighted by Gasteiger charge is 2.36. The Bertz CT molecular complexity index is 528. The first-order valence-electron chi connectivity index (χ1n) is 4.49. The van der Waals surface area contributed by atoms with Crippen LogP contribution in [-0.4, -0.2) is 0 Å². The molecule has 0 aliphatic heterocycles. The predicted octanol–water partition coefficient (Wildman–Crippen LogP) is 4.24. The first kappa shape index (κ1) is 11.6. The minimum absolute atomic E-state index is 0.113. The van der Waals surface area contributed by atoms with E-state index in [2.05, 4.69) is 0 Å². The van der Waals surface area contributed by atoms with Gasteiger partial charge in [0.25, 0.3) is 0 Å². The van der Waals surface area contributed by atoms with Crippen molar-refractivity contribution < 1.29 is 26.4 Å². The first-order chi connectivity index (χ1) is 7.89. The van der Waals surface area contributed by atoms with Gasteiger partial charge in [0.05, 0.1) is 17.4 Å². The van der Waals surface area contributed by atoms with Crippen LogP contribution in [0.15, 0.2) is 34.9 Å². The van der Waals surface area contributed by atoms with Gasteiger partial charge < -0.3 is 4.42 Å². The van der Waals surface area contributed by atoms with Crippen LogP contribution in [0, 0.1) is 11.6 Å². The molecule has 0 fully saturated rings. The highest BCUT2D eigenvalue weighted by atomic mass is 19.4. The second-order valence-corrected chi connectivity index (χ2v) is 3.29. The summed E-state index contributed by atoms with van der Waals surface area (Å²) in [6.07, 6.45) is -3.79. The smallest absolute Gasteiger partial charge is 0.419 e. The molecule has 1 nitrogen and oxygen atoms in total. The van der Waals surface area contributed by atoms with Crippen molar-refractivity contribution in [1.82, 2.24) is 0 Å². The molecule has 0 amide bonds. The lowest BCUT2D eigenvalue weighted by molar-refractivity contribution is -0.140. The van der Waals surface area contributed by atoms with Crippen molar-refractivity contribution >= 4 is 0 Å². The molecule has 0 aliphatic carbocycles. The molecule has 0 spiro atoms. The van der Waals surface area contributed by atoms with Crippen molar-refractivity contribution in [3.63, 3.8) is 0 Å². The highest BCUT2D eigenvalue weighted by molar-refractivity contribution is 5.59. The van der Waals surface area contributed by atoms with Crippen LogP contribution in [-0.2, 0) is 6.18 Å². The summed E-state index contributed by atoms with van der Waals surface area (Å²) in [6, 6.07) is 3.39. The van der Waals surface area contributed by atoms with E-state index in [9.17, 15) is 22.0 Å². The molecule has 90 valence electrons. The summed E-state index contributed by atoms with van der Waals surface area (Å²) in [5, 5.41) is 0. The number of rotatable bonds is 1. The zero-order chi connectivity index (χ0) is 12.6. The Kier molecular flexibility index (Phi) is 2.65. The second-order valence-electron chi connectivity index (χ2n) is 3.29. The lowest BCUT2D eigenvalue weighted by Gasteiger charge is -2.10. The van der Waals surface area contributed by atoms with Crippen molar-refractivity contribution in [2.24, 2.45) is 0 Å². The van der Waals surface area contributed by atoms with E-state index in [-0.39, 0.29) is 11.8 Å². The van der Waals surface area contributed by atoms with Crippen LogP contribution >= 0.6 is 0 Å². The third-order valence-electron chi connectivity index (χ3n) is 2.13. The molecular formula is C11H5F5O. The van der Waals surface area contributed by atoms with Gasteiger partial charge in [-0.2, -0.15) is 13.2 Å². The molecular weight excluding hydrogens is 243 g/mol. The van der Waals surface area contributed by atoms with Gasteiger partial charge in [-0.1, -0.05) is 0 Å². The van der Waals surface area contributed by atoms with E-state index in [1.54, 1.807) is 0 Å². The average molecular weight is 248 g/mol. The van der Waals surface area contributed by atoms with Gasteiger partial charge in [0.15, 0.2) is 0 Å². The number of furan rings is 1. The summed E-state index contributed by atoms with van der Waals surface area (Å²) < 4.78 is 68.6. The van der Waals surface area contributed by atoms with Crippen LogP contribution in [0.4, 0.5) is 22.0 Å². The van der Waals surface area contributed by atoms with Crippen molar-refractivity contribution in [3.8, 4) is 11.3 Å². The SMILES string of the molecule is Fc1cc(-c2ccco2)c(F)c(C(F)(F)F)c1. The van der Waals surface area contributed by atoms with Gasteiger partial charge in [0.2, 0.25) is 0 Å². The number of benzene rings is 1. The largest absolute Gasteiger partial charge is 0.464 e. The fourth-order valence-electron chi connectivity index (χ4n) is 1.41. The molecule has 1 heterocycles. The van der Waals surface area contributed by atoms with Crippen LogP contribution in [0.1, 0.15) is 5.56 Å². The van der Waals surface area contributed by atoms with Crippen molar-refractivity contribution in [1.29, 1.82) is 0 Å². The monoisotopic (exact) mass is 248 g/mol. The maximum Gasteiger partial charge on any atom is 0.419 e. The molecule has 0 saturated carbocycles. The molecule has 2 aromatic rings. The zero-order valence-corrected chi connectivity index (χ0v) is 8.18. The molecule has 0 unspecified atom stereocenters. The van der Waals surface area contributed by atoms with E-state index in [1.165, 1.54) is 12.1 Å². The molecule has 0 N–H and O–H groups in total. The maximum absolute atomic E-state index is 13.6. The summed E-state index contributed by atoms with van der Waals surface area (Å²) in [5.74, 6) is -2.88. The first-order valence-corrected chi connectivity index (χ1v) is 4.49. The normalized spacial score (nSPS) is 11.8. The topological polar surface area (TPSA) is 13.1 Å². The Hall–Kier alpha value is -1.85. The molecule has 0 aliphatic rings. The van der Waals surface area contributed by atoms with E-state index in [0.717, 1.165) is 6.26 Å². The molecule has 0 radical (unpaired) electrons. The minimum atomic E-state index is -4.95. The van der Waals surface area contributed by atoms with Gasteiger partial charge in [0.1, 0.15) is 17.4 Å². The number of hydrogen-bond donors (Lipinski definition) is 0. The third-order valence-corrected chi connectivity index (χ3v) is 2.13. The lowest BCUT2D eigenvalue weighted by Crippen LogP contribution is -2.09. The molecule has 6 heteroatoms. The van der Waals surface area contributed by atoms with Crippen LogP contribution < -0.4 is 0 Å². The molecule has 0 bridgehead atoms. The standard InChI is InChI=1S/C11H5F5O/c12-6-4-7(9-2-1-3-17-9)10(13)8(5-6)11(14,15)16/h1-5H. The van der Waals surface area contributed by atoms with Gasteiger partial charge in [-0.3, -0.25) is 0 Å². The minimum Gasteiger partial charge on any atom is -0.464 e. The maximum atomic E-state index is 13.6. The van der Waals surface area contributed by atoms with Crippen molar-refractivity contribution in [2.45, 2.75) is 6.18 Å². The quantitative estimate of drug-likeness (QED) is 0.688. The predicted molar refractivity (Wildman–Crippen MR) is 49.1 cm³/mol. The second kappa shape index (κ2) is 3.87. The van der Waals surface area contributed by atoms with Gasteiger partial charge in [-0.25, -0.2) is 8.78 Å². The van der Waals surface area contributed by atoms with Gasteiger partial charge in [-0.05, 0) is 24.3 Å². The average Bonchev–Trinajstić information content (AvgIpc) is 2.72. The van der Waals surface area contributed by atoms with Crippen molar-refractivity contribution in [2.75, 3.05) is 0 Å². The summed E-state index contributed by atoms with van der Waals surface area (Å²) in [6.45, 7) is 0. The molecule has 17 heavy (non-hydrogen) atoms. The number of alkyl halides is 3. The lowest BCUT2D eigenvalue weighted by atomic mass is 10.1. The van der Waals surface area contributed by atoms with Crippen LogP contribution in [0.5, 0.6) is 0 Å². The Labute approximate surface area is 92.5 Å².